The molecule has 0 heterocycles. The highest BCUT2D eigenvalue weighted by atomic mass is 32.1. The van der Waals surface area contributed by atoms with E-state index in [1.807, 2.05) is 0 Å². The van der Waals surface area contributed by atoms with Gasteiger partial charge >= 0.3 is 0 Å². The Labute approximate surface area is 123 Å². The molecule has 0 unspecified atom stereocenters. The predicted octanol–water partition coefficient (Wildman–Crippen LogP) is 0.953. The first kappa shape index (κ1) is 16.4. The smallest absolute Gasteiger partial charge is 0.250 e. The van der Waals surface area contributed by atoms with Gasteiger partial charge in [0.1, 0.15) is 24.0 Å². The van der Waals surface area contributed by atoms with Crippen molar-refractivity contribution >= 4 is 28.8 Å². The molecule has 20 heavy (non-hydrogen) atoms. The van der Waals surface area contributed by atoms with Crippen molar-refractivity contribution in [1.29, 1.82) is 0 Å². The van der Waals surface area contributed by atoms with E-state index in [1.54, 1.807) is 31.4 Å². The van der Waals surface area contributed by atoms with Crippen molar-refractivity contribution in [3.63, 3.8) is 0 Å². The van der Waals surface area contributed by atoms with Crippen molar-refractivity contribution in [1.82, 2.24) is 0 Å². The standard InChI is InChI=1S/C13H18N2O4S/c1-17-6-7-18-9-13(16)15-10-2-4-11(5-3-10)19-8-12(14)20/h2-5H,6-9H2,1H3,(H2,14,20)(H,15,16). The minimum Gasteiger partial charge on any atom is -0.487 e. The van der Waals surface area contributed by atoms with Gasteiger partial charge in [-0.3, -0.25) is 4.79 Å². The fourth-order valence-corrected chi connectivity index (χ4v) is 1.35. The zero-order valence-electron chi connectivity index (χ0n) is 11.3. The van der Waals surface area contributed by atoms with Crippen molar-refractivity contribution in [3.05, 3.63) is 24.3 Å². The number of nitrogens with one attached hydrogen (secondary N) is 1. The van der Waals surface area contributed by atoms with Crippen LogP contribution in [-0.4, -0.2) is 44.4 Å². The fraction of sp³-hybridized carbons (Fsp3) is 0.385. The normalized spacial score (nSPS) is 10.1. The highest BCUT2D eigenvalue weighted by molar-refractivity contribution is 7.80. The largest absolute Gasteiger partial charge is 0.487 e. The van der Waals surface area contributed by atoms with Crippen LogP contribution < -0.4 is 15.8 Å². The molecule has 0 radical (unpaired) electrons. The molecule has 6 nitrogen and oxygen atoms in total. The summed E-state index contributed by atoms with van der Waals surface area (Å²) in [5.41, 5.74) is 5.99. The van der Waals surface area contributed by atoms with Gasteiger partial charge in [0.15, 0.2) is 0 Å². The molecular weight excluding hydrogens is 280 g/mol. The Morgan fingerprint density at radius 3 is 2.55 bits per heavy atom. The van der Waals surface area contributed by atoms with E-state index in [0.29, 0.717) is 24.7 Å². The summed E-state index contributed by atoms with van der Waals surface area (Å²) in [6.07, 6.45) is 0. The van der Waals surface area contributed by atoms with Crippen LogP contribution in [-0.2, 0) is 14.3 Å². The van der Waals surface area contributed by atoms with Crippen molar-refractivity contribution in [3.8, 4) is 5.75 Å². The monoisotopic (exact) mass is 298 g/mol. The Kier molecular flexibility index (Phi) is 7.56. The Hall–Kier alpha value is -1.70. The molecule has 0 fully saturated rings. The maximum atomic E-state index is 11.5. The predicted molar refractivity (Wildman–Crippen MR) is 80.0 cm³/mol. The van der Waals surface area contributed by atoms with Gasteiger partial charge in [0.25, 0.3) is 0 Å². The molecule has 0 bridgehead atoms. The number of hydrogen-bond donors (Lipinski definition) is 2. The third-order valence-corrected chi connectivity index (χ3v) is 2.30. The van der Waals surface area contributed by atoms with Gasteiger partial charge in [-0.05, 0) is 24.3 Å². The lowest BCUT2D eigenvalue weighted by molar-refractivity contribution is -0.121. The third kappa shape index (κ3) is 7.03. The molecule has 0 spiro atoms. The number of methoxy groups -OCH3 is 1. The summed E-state index contributed by atoms with van der Waals surface area (Å²) in [5, 5.41) is 2.70. The Morgan fingerprint density at radius 2 is 1.95 bits per heavy atom. The molecule has 3 N–H and O–H groups in total. The molecule has 0 atom stereocenters. The zero-order chi connectivity index (χ0) is 14.8. The van der Waals surface area contributed by atoms with Crippen LogP contribution in [0, 0.1) is 0 Å². The first-order valence-electron chi connectivity index (χ1n) is 5.99. The highest BCUT2D eigenvalue weighted by Crippen LogP contribution is 2.15. The lowest BCUT2D eigenvalue weighted by Crippen LogP contribution is -2.19. The van der Waals surface area contributed by atoms with Crippen LogP contribution in [0.25, 0.3) is 0 Å². The molecule has 1 amide bonds. The summed E-state index contributed by atoms with van der Waals surface area (Å²) >= 11 is 4.71. The minimum atomic E-state index is -0.224. The molecular formula is C13H18N2O4S. The number of anilines is 1. The molecule has 0 aliphatic rings. The Balaban J connectivity index is 2.33. The van der Waals surface area contributed by atoms with E-state index in [-0.39, 0.29) is 24.1 Å². The van der Waals surface area contributed by atoms with Crippen LogP contribution in [0.5, 0.6) is 5.75 Å². The SMILES string of the molecule is COCCOCC(=O)Nc1ccc(OCC(N)=S)cc1. The molecule has 0 aliphatic heterocycles. The van der Waals surface area contributed by atoms with Crippen LogP contribution >= 0.6 is 12.2 Å². The van der Waals surface area contributed by atoms with Crippen LogP contribution in [0.1, 0.15) is 0 Å². The van der Waals surface area contributed by atoms with Gasteiger partial charge in [0.05, 0.1) is 13.2 Å². The maximum absolute atomic E-state index is 11.5. The van der Waals surface area contributed by atoms with Gasteiger partial charge in [0.2, 0.25) is 5.91 Å². The van der Waals surface area contributed by atoms with Crippen molar-refractivity contribution in [2.45, 2.75) is 0 Å². The van der Waals surface area contributed by atoms with E-state index in [1.165, 1.54) is 0 Å². The Bertz CT molecular complexity index is 437. The van der Waals surface area contributed by atoms with E-state index in [2.05, 4.69) is 5.32 Å². The van der Waals surface area contributed by atoms with Crippen molar-refractivity contribution in [2.24, 2.45) is 5.73 Å². The van der Waals surface area contributed by atoms with E-state index >= 15 is 0 Å². The van der Waals surface area contributed by atoms with Crippen LogP contribution in [0.2, 0.25) is 0 Å². The molecule has 110 valence electrons. The van der Waals surface area contributed by atoms with Gasteiger partial charge < -0.3 is 25.3 Å². The number of ether oxygens (including phenoxy) is 3. The molecule has 1 aromatic carbocycles. The quantitative estimate of drug-likeness (QED) is 0.522. The zero-order valence-corrected chi connectivity index (χ0v) is 12.1. The number of thiocarbonyl (C=S) groups is 1. The summed E-state index contributed by atoms with van der Waals surface area (Å²) in [7, 11) is 1.57. The first-order valence-corrected chi connectivity index (χ1v) is 6.40. The molecule has 0 saturated carbocycles. The lowest BCUT2D eigenvalue weighted by atomic mass is 10.3. The summed E-state index contributed by atoms with van der Waals surface area (Å²) in [6.45, 7) is 1.02. The van der Waals surface area contributed by atoms with Gasteiger partial charge in [-0.25, -0.2) is 0 Å². The summed E-state index contributed by atoms with van der Waals surface area (Å²) in [4.78, 5) is 11.8. The lowest BCUT2D eigenvalue weighted by Gasteiger charge is -2.08. The molecule has 0 saturated heterocycles. The first-order chi connectivity index (χ1) is 9.61. The van der Waals surface area contributed by atoms with Gasteiger partial charge in [-0.1, -0.05) is 12.2 Å². The number of carbonyl (C=O) groups is 1. The molecule has 0 aliphatic carbocycles. The second-order valence-corrected chi connectivity index (χ2v) is 4.40. The molecule has 7 heteroatoms. The number of amides is 1. The van der Waals surface area contributed by atoms with E-state index in [4.69, 9.17) is 32.2 Å². The van der Waals surface area contributed by atoms with Crippen LogP contribution in [0.15, 0.2) is 24.3 Å². The molecule has 0 aromatic heterocycles. The second-order valence-electron chi connectivity index (χ2n) is 3.87. The van der Waals surface area contributed by atoms with E-state index in [0.717, 1.165) is 0 Å². The number of rotatable bonds is 9. The van der Waals surface area contributed by atoms with E-state index in [9.17, 15) is 4.79 Å². The van der Waals surface area contributed by atoms with E-state index < -0.39 is 0 Å². The minimum absolute atomic E-state index is 0.0109. The van der Waals surface area contributed by atoms with Gasteiger partial charge in [-0.15, -0.1) is 0 Å². The van der Waals surface area contributed by atoms with Crippen LogP contribution in [0.3, 0.4) is 0 Å². The number of hydrogen-bond acceptors (Lipinski definition) is 5. The molecule has 1 rings (SSSR count). The van der Waals surface area contributed by atoms with Gasteiger partial charge in [0, 0.05) is 12.8 Å². The van der Waals surface area contributed by atoms with Gasteiger partial charge in [-0.2, -0.15) is 0 Å². The number of carbonyl (C=O) groups excluding carboxylic acids is 1. The van der Waals surface area contributed by atoms with Crippen molar-refractivity contribution < 1.29 is 19.0 Å². The number of benzene rings is 1. The van der Waals surface area contributed by atoms with Crippen molar-refractivity contribution in [2.75, 3.05) is 38.9 Å². The third-order valence-electron chi connectivity index (χ3n) is 2.18. The summed E-state index contributed by atoms with van der Waals surface area (Å²) < 4.78 is 15.2. The van der Waals surface area contributed by atoms with Crippen LogP contribution in [0.4, 0.5) is 5.69 Å². The topological polar surface area (TPSA) is 82.8 Å². The maximum Gasteiger partial charge on any atom is 0.250 e. The molecule has 1 aromatic rings. The Morgan fingerprint density at radius 1 is 1.25 bits per heavy atom. The summed E-state index contributed by atoms with van der Waals surface area (Å²) in [5.74, 6) is 0.407. The number of nitrogens with two attached hydrogens (primary N) is 1. The highest BCUT2D eigenvalue weighted by Gasteiger charge is 2.03. The fourth-order valence-electron chi connectivity index (χ4n) is 1.29. The average molecular weight is 298 g/mol. The summed E-state index contributed by atoms with van der Waals surface area (Å²) in [6, 6.07) is 6.89. The second kappa shape index (κ2) is 9.24. The average Bonchev–Trinajstić information content (AvgIpc) is 2.43.